The summed E-state index contributed by atoms with van der Waals surface area (Å²) < 4.78 is 5.82. The molecular weight excluding hydrogens is 316 g/mol. The van der Waals surface area contributed by atoms with Crippen LogP contribution in [-0.4, -0.2) is 45.0 Å². The molecule has 2 aromatic heterocycles. The number of carbonyl (C=O) groups excluding carboxylic acids is 1. The molecule has 25 heavy (non-hydrogen) atoms. The van der Waals surface area contributed by atoms with E-state index in [1.165, 1.54) is 0 Å². The van der Waals surface area contributed by atoms with Gasteiger partial charge in [-0.3, -0.25) is 4.79 Å². The number of carbonyl (C=O) groups is 1. The lowest BCUT2D eigenvalue weighted by molar-refractivity contribution is -0.133. The fourth-order valence-corrected chi connectivity index (χ4v) is 3.31. The molecule has 128 valence electrons. The largest absolute Gasteiger partial charge is 0.458 e. The van der Waals surface area contributed by atoms with Crippen LogP contribution in [-0.2, 0) is 11.2 Å². The van der Waals surface area contributed by atoms with Crippen LogP contribution in [0.15, 0.2) is 48.9 Å². The third-order valence-electron chi connectivity index (χ3n) is 4.56. The lowest BCUT2D eigenvalue weighted by atomic mass is 10.1. The highest BCUT2D eigenvalue weighted by Crippen LogP contribution is 2.20. The monoisotopic (exact) mass is 336 g/mol. The molecule has 0 bridgehead atoms. The summed E-state index contributed by atoms with van der Waals surface area (Å²) in [7, 11) is 0. The summed E-state index contributed by atoms with van der Waals surface area (Å²) in [6.07, 6.45) is 7.43. The second kappa shape index (κ2) is 6.93. The average molecular weight is 336 g/mol. The molecule has 6 heteroatoms. The van der Waals surface area contributed by atoms with Gasteiger partial charge >= 0.3 is 6.01 Å². The summed E-state index contributed by atoms with van der Waals surface area (Å²) in [5.41, 5.74) is 2.10. The molecule has 0 aliphatic carbocycles. The van der Waals surface area contributed by atoms with Crippen LogP contribution in [0.4, 0.5) is 0 Å². The molecule has 0 spiro atoms. The minimum absolute atomic E-state index is 0.0527. The molecule has 0 saturated carbocycles. The Balaban J connectivity index is 1.41. The van der Waals surface area contributed by atoms with Crippen LogP contribution in [0.3, 0.4) is 0 Å². The molecule has 1 amide bonds. The van der Waals surface area contributed by atoms with Crippen molar-refractivity contribution in [3.63, 3.8) is 0 Å². The lowest BCUT2D eigenvalue weighted by Crippen LogP contribution is -2.45. The van der Waals surface area contributed by atoms with E-state index in [4.69, 9.17) is 4.74 Å². The van der Waals surface area contributed by atoms with Crippen molar-refractivity contribution in [2.45, 2.75) is 25.4 Å². The van der Waals surface area contributed by atoms with Crippen molar-refractivity contribution < 1.29 is 9.53 Å². The second-order valence-corrected chi connectivity index (χ2v) is 6.29. The first-order valence-electron chi connectivity index (χ1n) is 8.56. The van der Waals surface area contributed by atoms with Crippen molar-refractivity contribution in [1.29, 1.82) is 0 Å². The number of nitrogens with zero attached hydrogens (tertiary/aromatic N) is 3. The van der Waals surface area contributed by atoms with E-state index >= 15 is 0 Å². The quantitative estimate of drug-likeness (QED) is 0.795. The zero-order valence-corrected chi connectivity index (χ0v) is 13.9. The van der Waals surface area contributed by atoms with Gasteiger partial charge in [-0.15, -0.1) is 0 Å². The van der Waals surface area contributed by atoms with Gasteiger partial charge < -0.3 is 14.6 Å². The predicted octanol–water partition coefficient (Wildman–Crippen LogP) is 2.57. The molecule has 1 unspecified atom stereocenters. The standard InChI is InChI=1S/C19H20N4O2/c24-18(11-14-12-22-17-7-2-1-6-16(14)17)23-10-3-5-15(13-23)25-19-20-8-4-9-21-19/h1-2,4,6-9,12,15,22H,3,5,10-11,13H2. The third-order valence-corrected chi connectivity index (χ3v) is 4.56. The topological polar surface area (TPSA) is 71.1 Å². The number of likely N-dealkylation sites (tertiary alicyclic amines) is 1. The van der Waals surface area contributed by atoms with Gasteiger partial charge in [-0.1, -0.05) is 18.2 Å². The van der Waals surface area contributed by atoms with Crippen LogP contribution >= 0.6 is 0 Å². The van der Waals surface area contributed by atoms with Crippen LogP contribution in [0.1, 0.15) is 18.4 Å². The molecule has 0 radical (unpaired) electrons. The molecule has 6 nitrogen and oxygen atoms in total. The van der Waals surface area contributed by atoms with E-state index in [0.717, 1.165) is 35.9 Å². The number of ether oxygens (including phenoxy) is 1. The highest BCUT2D eigenvalue weighted by atomic mass is 16.5. The van der Waals surface area contributed by atoms with Gasteiger partial charge in [0.25, 0.3) is 0 Å². The molecular formula is C19H20N4O2. The van der Waals surface area contributed by atoms with Gasteiger partial charge in [0.1, 0.15) is 6.10 Å². The van der Waals surface area contributed by atoms with Gasteiger partial charge in [-0.25, -0.2) is 9.97 Å². The van der Waals surface area contributed by atoms with Gasteiger partial charge in [-0.05, 0) is 30.5 Å². The van der Waals surface area contributed by atoms with Crippen molar-refractivity contribution in [3.05, 3.63) is 54.5 Å². The first-order chi connectivity index (χ1) is 12.3. The number of hydrogen-bond acceptors (Lipinski definition) is 4. The summed E-state index contributed by atoms with van der Waals surface area (Å²) in [4.78, 5) is 26.0. The maximum absolute atomic E-state index is 12.7. The highest BCUT2D eigenvalue weighted by Gasteiger charge is 2.25. The van der Waals surface area contributed by atoms with E-state index in [0.29, 0.717) is 19.0 Å². The van der Waals surface area contributed by atoms with Crippen molar-refractivity contribution in [2.75, 3.05) is 13.1 Å². The first-order valence-corrected chi connectivity index (χ1v) is 8.56. The zero-order valence-electron chi connectivity index (χ0n) is 13.9. The summed E-state index contributed by atoms with van der Waals surface area (Å²) in [6, 6.07) is 10.2. The molecule has 1 saturated heterocycles. The molecule has 1 aromatic carbocycles. The minimum atomic E-state index is -0.0527. The molecule has 1 fully saturated rings. The Morgan fingerprint density at radius 2 is 2.08 bits per heavy atom. The number of benzene rings is 1. The summed E-state index contributed by atoms with van der Waals surface area (Å²) in [6.45, 7) is 1.36. The maximum atomic E-state index is 12.7. The normalized spacial score (nSPS) is 17.6. The smallest absolute Gasteiger partial charge is 0.316 e. The van der Waals surface area contributed by atoms with E-state index < -0.39 is 0 Å². The Kier molecular flexibility index (Phi) is 4.33. The summed E-state index contributed by atoms with van der Waals surface area (Å²) in [5, 5.41) is 1.11. The number of para-hydroxylation sites is 1. The van der Waals surface area contributed by atoms with E-state index in [9.17, 15) is 4.79 Å². The van der Waals surface area contributed by atoms with Gasteiger partial charge in [0.15, 0.2) is 0 Å². The molecule has 1 N–H and O–H groups in total. The Labute approximate surface area is 145 Å². The SMILES string of the molecule is O=C(Cc1c[nH]c2ccccc12)N1CCCC(Oc2ncccn2)C1. The molecule has 1 aliphatic heterocycles. The van der Waals surface area contributed by atoms with Crippen molar-refractivity contribution in [3.8, 4) is 6.01 Å². The van der Waals surface area contributed by atoms with E-state index in [1.54, 1.807) is 18.5 Å². The lowest BCUT2D eigenvalue weighted by Gasteiger charge is -2.32. The van der Waals surface area contributed by atoms with E-state index in [2.05, 4.69) is 15.0 Å². The Morgan fingerprint density at radius 1 is 1.24 bits per heavy atom. The zero-order chi connectivity index (χ0) is 17.1. The first kappa shape index (κ1) is 15.6. The van der Waals surface area contributed by atoms with Crippen LogP contribution in [0.25, 0.3) is 10.9 Å². The Morgan fingerprint density at radius 3 is 2.96 bits per heavy atom. The van der Waals surface area contributed by atoms with Gasteiger partial charge in [0.05, 0.1) is 13.0 Å². The number of amides is 1. The van der Waals surface area contributed by atoms with Gasteiger partial charge in [-0.2, -0.15) is 0 Å². The highest BCUT2D eigenvalue weighted by molar-refractivity contribution is 5.88. The number of nitrogens with one attached hydrogen (secondary N) is 1. The van der Waals surface area contributed by atoms with Gasteiger partial charge in [0.2, 0.25) is 5.91 Å². The molecule has 3 aromatic rings. The van der Waals surface area contributed by atoms with Crippen molar-refractivity contribution in [1.82, 2.24) is 19.9 Å². The fourth-order valence-electron chi connectivity index (χ4n) is 3.31. The maximum Gasteiger partial charge on any atom is 0.316 e. The average Bonchev–Trinajstić information content (AvgIpc) is 3.06. The molecule has 4 rings (SSSR count). The van der Waals surface area contributed by atoms with Crippen LogP contribution < -0.4 is 4.74 Å². The van der Waals surface area contributed by atoms with E-state index in [-0.39, 0.29) is 12.0 Å². The predicted molar refractivity (Wildman–Crippen MR) is 94.3 cm³/mol. The Bertz CT molecular complexity index is 862. The fraction of sp³-hybridized carbons (Fsp3) is 0.316. The van der Waals surface area contributed by atoms with E-state index in [1.807, 2.05) is 35.4 Å². The van der Waals surface area contributed by atoms with Crippen LogP contribution in [0, 0.1) is 0 Å². The molecule has 3 heterocycles. The van der Waals surface area contributed by atoms with Crippen LogP contribution in [0.5, 0.6) is 6.01 Å². The van der Waals surface area contributed by atoms with Crippen LogP contribution in [0.2, 0.25) is 0 Å². The number of piperidine rings is 1. The van der Waals surface area contributed by atoms with Crippen molar-refractivity contribution >= 4 is 16.8 Å². The minimum Gasteiger partial charge on any atom is -0.458 e. The number of aromatic nitrogens is 3. The number of fused-ring (bicyclic) bond motifs is 1. The second-order valence-electron chi connectivity index (χ2n) is 6.29. The number of H-pyrrole nitrogens is 1. The summed E-state index contributed by atoms with van der Waals surface area (Å²) >= 11 is 0. The Hall–Kier alpha value is -2.89. The molecule has 1 aliphatic rings. The number of rotatable bonds is 4. The molecule has 1 atom stereocenters. The third kappa shape index (κ3) is 3.47. The number of aromatic amines is 1. The van der Waals surface area contributed by atoms with Crippen molar-refractivity contribution in [2.24, 2.45) is 0 Å². The number of hydrogen-bond donors (Lipinski definition) is 1. The summed E-state index contributed by atoms with van der Waals surface area (Å²) in [5.74, 6) is 0.132. The van der Waals surface area contributed by atoms with Gasteiger partial charge in [0, 0.05) is 36.0 Å².